The molecule has 0 saturated heterocycles. The van der Waals surface area contributed by atoms with Crippen molar-refractivity contribution in [2.75, 3.05) is 5.32 Å². The van der Waals surface area contributed by atoms with Crippen LogP contribution in [0.3, 0.4) is 0 Å². The van der Waals surface area contributed by atoms with Crippen LogP contribution >= 0.6 is 11.6 Å². The number of amides is 1. The summed E-state index contributed by atoms with van der Waals surface area (Å²) in [6.07, 6.45) is 2.68. The molecule has 0 atom stereocenters. The molecule has 0 saturated carbocycles. The molecule has 1 N–H and O–H groups in total. The van der Waals surface area contributed by atoms with Crippen LogP contribution in [0.25, 0.3) is 6.08 Å². The second-order valence-electron chi connectivity index (χ2n) is 3.82. The Bertz CT molecular complexity index is 625. The minimum Gasteiger partial charge on any atom is -0.321 e. The molecule has 0 bridgehead atoms. The maximum atomic E-state index is 13.3. The van der Waals surface area contributed by atoms with Crippen LogP contribution in [0.15, 0.2) is 54.6 Å². The van der Waals surface area contributed by atoms with Gasteiger partial charge in [0.1, 0.15) is 5.82 Å². The maximum Gasteiger partial charge on any atom is 0.248 e. The smallest absolute Gasteiger partial charge is 0.248 e. The number of carbonyl (C=O) groups is 1. The van der Waals surface area contributed by atoms with Crippen LogP contribution in [-0.2, 0) is 4.79 Å². The average molecular weight is 276 g/mol. The molecule has 2 nitrogen and oxygen atoms in total. The molecule has 0 spiro atoms. The fourth-order valence-corrected chi connectivity index (χ4v) is 1.70. The zero-order chi connectivity index (χ0) is 13.7. The van der Waals surface area contributed by atoms with Crippen molar-refractivity contribution in [3.63, 3.8) is 0 Å². The second-order valence-corrected chi connectivity index (χ2v) is 4.23. The Morgan fingerprint density at radius 1 is 1.11 bits per heavy atom. The first-order chi connectivity index (χ1) is 9.16. The van der Waals surface area contributed by atoms with E-state index in [2.05, 4.69) is 5.32 Å². The predicted octanol–water partition coefficient (Wildman–Crippen LogP) is 4.13. The normalized spacial score (nSPS) is 10.6. The summed E-state index contributed by atoms with van der Waals surface area (Å²) in [6.45, 7) is 0. The van der Waals surface area contributed by atoms with Crippen LogP contribution in [-0.4, -0.2) is 5.91 Å². The van der Waals surface area contributed by atoms with E-state index in [-0.39, 0.29) is 11.7 Å². The highest BCUT2D eigenvalue weighted by molar-refractivity contribution is 6.33. The average Bonchev–Trinajstić information content (AvgIpc) is 2.40. The predicted molar refractivity (Wildman–Crippen MR) is 75.5 cm³/mol. The maximum absolute atomic E-state index is 13.3. The van der Waals surface area contributed by atoms with Crippen LogP contribution < -0.4 is 5.32 Å². The van der Waals surface area contributed by atoms with Crippen molar-refractivity contribution in [2.24, 2.45) is 0 Å². The van der Waals surface area contributed by atoms with Gasteiger partial charge in [-0.25, -0.2) is 4.39 Å². The van der Waals surface area contributed by atoms with Crippen molar-refractivity contribution in [1.82, 2.24) is 0 Å². The number of hydrogen-bond acceptors (Lipinski definition) is 1. The van der Waals surface area contributed by atoms with E-state index >= 15 is 0 Å². The molecule has 2 rings (SSSR count). The number of benzene rings is 2. The highest BCUT2D eigenvalue weighted by Gasteiger charge is 2.02. The lowest BCUT2D eigenvalue weighted by Crippen LogP contribution is -2.08. The molecule has 0 aromatic heterocycles. The van der Waals surface area contributed by atoms with E-state index in [4.69, 9.17) is 11.6 Å². The fourth-order valence-electron chi connectivity index (χ4n) is 1.51. The number of nitrogens with one attached hydrogen (secondary N) is 1. The Morgan fingerprint density at radius 3 is 2.53 bits per heavy atom. The van der Waals surface area contributed by atoms with Gasteiger partial charge in [0.15, 0.2) is 0 Å². The van der Waals surface area contributed by atoms with Gasteiger partial charge in [0.05, 0.1) is 10.7 Å². The first-order valence-corrected chi connectivity index (χ1v) is 6.03. The molecule has 19 heavy (non-hydrogen) atoms. The molecule has 1 amide bonds. The largest absolute Gasteiger partial charge is 0.321 e. The summed E-state index contributed by atoms with van der Waals surface area (Å²) in [4.78, 5) is 11.7. The standard InChI is InChI=1S/C15H11ClFNO/c16-12-6-2-4-8-14(12)18-15(19)10-9-11-5-1-3-7-13(11)17/h1-10H,(H,18,19)/b10-9+. The van der Waals surface area contributed by atoms with Gasteiger partial charge in [0.2, 0.25) is 5.91 Å². The van der Waals surface area contributed by atoms with E-state index in [0.717, 1.165) is 0 Å². The number of halogens is 2. The second kappa shape index (κ2) is 6.16. The van der Waals surface area contributed by atoms with Crippen molar-refractivity contribution in [2.45, 2.75) is 0 Å². The zero-order valence-electron chi connectivity index (χ0n) is 9.94. The van der Waals surface area contributed by atoms with Gasteiger partial charge < -0.3 is 5.32 Å². The van der Waals surface area contributed by atoms with Gasteiger partial charge in [-0.3, -0.25) is 4.79 Å². The first-order valence-electron chi connectivity index (χ1n) is 5.65. The summed E-state index contributed by atoms with van der Waals surface area (Å²) in [5.74, 6) is -0.736. The third-order valence-electron chi connectivity index (χ3n) is 2.45. The molecular formula is C15H11ClFNO. The molecule has 0 aliphatic heterocycles. The molecule has 0 heterocycles. The van der Waals surface area contributed by atoms with Crippen LogP contribution in [0.5, 0.6) is 0 Å². The molecule has 0 unspecified atom stereocenters. The number of hydrogen-bond donors (Lipinski definition) is 1. The zero-order valence-corrected chi connectivity index (χ0v) is 10.7. The third kappa shape index (κ3) is 3.66. The van der Waals surface area contributed by atoms with E-state index in [9.17, 15) is 9.18 Å². The Morgan fingerprint density at radius 2 is 1.79 bits per heavy atom. The summed E-state index contributed by atoms with van der Waals surface area (Å²) in [6, 6.07) is 13.1. The van der Waals surface area contributed by atoms with Crippen molar-refractivity contribution >= 4 is 29.3 Å². The van der Waals surface area contributed by atoms with E-state index in [1.807, 2.05) is 0 Å². The van der Waals surface area contributed by atoms with Gasteiger partial charge in [-0.2, -0.15) is 0 Å². The quantitative estimate of drug-likeness (QED) is 0.839. The van der Waals surface area contributed by atoms with Gasteiger partial charge in [-0.15, -0.1) is 0 Å². The lowest BCUT2D eigenvalue weighted by Gasteiger charge is -2.03. The molecule has 0 aliphatic rings. The molecule has 0 radical (unpaired) electrons. The number of anilines is 1. The molecule has 4 heteroatoms. The highest BCUT2D eigenvalue weighted by Crippen LogP contribution is 2.20. The topological polar surface area (TPSA) is 29.1 Å². The Labute approximate surface area is 115 Å². The van der Waals surface area contributed by atoms with E-state index in [1.165, 1.54) is 18.2 Å². The van der Waals surface area contributed by atoms with Crippen molar-refractivity contribution < 1.29 is 9.18 Å². The fraction of sp³-hybridized carbons (Fsp3) is 0. The van der Waals surface area contributed by atoms with Gasteiger partial charge >= 0.3 is 0 Å². The summed E-state index contributed by atoms with van der Waals surface area (Å²) >= 11 is 5.91. The van der Waals surface area contributed by atoms with Crippen LogP contribution in [0.1, 0.15) is 5.56 Å². The van der Waals surface area contributed by atoms with Gasteiger partial charge in [-0.05, 0) is 24.3 Å². The van der Waals surface area contributed by atoms with Crippen molar-refractivity contribution in [1.29, 1.82) is 0 Å². The number of carbonyl (C=O) groups excluding carboxylic acids is 1. The minimum absolute atomic E-state index is 0.358. The molecule has 96 valence electrons. The summed E-state index contributed by atoms with van der Waals surface area (Å²) in [5, 5.41) is 3.07. The number of rotatable bonds is 3. The highest BCUT2D eigenvalue weighted by atomic mass is 35.5. The van der Waals surface area contributed by atoms with Crippen LogP contribution in [0.2, 0.25) is 5.02 Å². The van der Waals surface area contributed by atoms with E-state index in [1.54, 1.807) is 42.5 Å². The van der Waals surface area contributed by atoms with E-state index in [0.29, 0.717) is 16.3 Å². The lowest BCUT2D eigenvalue weighted by molar-refractivity contribution is -0.111. The third-order valence-corrected chi connectivity index (χ3v) is 2.78. The monoisotopic (exact) mass is 275 g/mol. The SMILES string of the molecule is O=C(/C=C/c1ccccc1F)Nc1ccccc1Cl. The Kier molecular flexibility index (Phi) is 4.31. The summed E-state index contributed by atoms with van der Waals surface area (Å²) < 4.78 is 13.3. The molecule has 0 aliphatic carbocycles. The lowest BCUT2D eigenvalue weighted by atomic mass is 10.2. The Hall–Kier alpha value is -2.13. The van der Waals surface area contributed by atoms with Gasteiger partial charge in [-0.1, -0.05) is 41.9 Å². The van der Waals surface area contributed by atoms with E-state index < -0.39 is 0 Å². The minimum atomic E-state index is -0.371. The van der Waals surface area contributed by atoms with Gasteiger partial charge in [0, 0.05) is 11.6 Å². The Balaban J connectivity index is 2.06. The van der Waals surface area contributed by atoms with Crippen LogP contribution in [0.4, 0.5) is 10.1 Å². The molecule has 0 fully saturated rings. The summed E-state index contributed by atoms with van der Waals surface area (Å²) in [5.41, 5.74) is 0.879. The summed E-state index contributed by atoms with van der Waals surface area (Å²) in [7, 11) is 0. The van der Waals surface area contributed by atoms with Crippen molar-refractivity contribution in [3.05, 3.63) is 71.0 Å². The molecular weight excluding hydrogens is 265 g/mol. The van der Waals surface area contributed by atoms with Crippen LogP contribution in [0, 0.1) is 5.82 Å². The van der Waals surface area contributed by atoms with Gasteiger partial charge in [0.25, 0.3) is 0 Å². The van der Waals surface area contributed by atoms with Crippen molar-refractivity contribution in [3.8, 4) is 0 Å². The molecule has 2 aromatic rings. The number of para-hydroxylation sites is 1. The molecule has 2 aromatic carbocycles. The first kappa shape index (κ1) is 13.3.